The van der Waals surface area contributed by atoms with E-state index in [0.717, 1.165) is 25.2 Å². The van der Waals surface area contributed by atoms with Gasteiger partial charge in [-0.05, 0) is 18.6 Å². The zero-order valence-corrected chi connectivity index (χ0v) is 12.9. The average molecular weight is 315 g/mol. The van der Waals surface area contributed by atoms with Gasteiger partial charge in [0.1, 0.15) is 18.0 Å². The maximum absolute atomic E-state index is 13.7. The van der Waals surface area contributed by atoms with E-state index >= 15 is 0 Å². The highest BCUT2D eigenvalue weighted by atomic mass is 19.1. The molecular weight excluding hydrogens is 297 g/mol. The first-order chi connectivity index (χ1) is 11.3. The highest BCUT2D eigenvalue weighted by Gasteiger charge is 2.13. The van der Waals surface area contributed by atoms with Gasteiger partial charge in [0.05, 0.1) is 5.56 Å². The molecule has 2 heterocycles. The molecule has 6 nitrogen and oxygen atoms in total. The van der Waals surface area contributed by atoms with E-state index in [1.165, 1.54) is 6.07 Å². The van der Waals surface area contributed by atoms with Crippen molar-refractivity contribution in [2.45, 2.75) is 39.2 Å². The summed E-state index contributed by atoms with van der Waals surface area (Å²) in [5, 5.41) is 8.07. The molecule has 23 heavy (non-hydrogen) atoms. The number of hydrogen-bond donors (Lipinski definition) is 0. The molecule has 0 saturated heterocycles. The van der Waals surface area contributed by atoms with Crippen molar-refractivity contribution in [3.63, 3.8) is 0 Å². The molecule has 3 aromatic rings. The van der Waals surface area contributed by atoms with Gasteiger partial charge in [-0.1, -0.05) is 30.6 Å². The molecule has 2 aromatic heterocycles. The van der Waals surface area contributed by atoms with Crippen molar-refractivity contribution in [2.75, 3.05) is 0 Å². The quantitative estimate of drug-likeness (QED) is 0.670. The highest BCUT2D eigenvalue weighted by molar-refractivity contribution is 5.54. The lowest BCUT2D eigenvalue weighted by molar-refractivity contribution is 0.376. The highest BCUT2D eigenvalue weighted by Crippen LogP contribution is 2.19. The fraction of sp³-hybridized carbons (Fsp3) is 0.375. The summed E-state index contributed by atoms with van der Waals surface area (Å²) in [5.41, 5.74) is 0.341. The van der Waals surface area contributed by atoms with Crippen LogP contribution in [0.15, 0.2) is 35.1 Å². The van der Waals surface area contributed by atoms with E-state index in [4.69, 9.17) is 4.52 Å². The molecule has 0 spiro atoms. The van der Waals surface area contributed by atoms with E-state index in [-0.39, 0.29) is 11.6 Å². The second kappa shape index (κ2) is 7.13. The molecular formula is C16H18FN5O. The lowest BCUT2D eigenvalue weighted by Gasteiger charge is -2.03. The van der Waals surface area contributed by atoms with Crippen LogP contribution >= 0.6 is 0 Å². The van der Waals surface area contributed by atoms with E-state index in [1.807, 2.05) is 4.68 Å². The van der Waals surface area contributed by atoms with Crippen LogP contribution in [0.3, 0.4) is 0 Å². The van der Waals surface area contributed by atoms with E-state index in [2.05, 4.69) is 27.1 Å². The Morgan fingerprint density at radius 2 is 2.09 bits per heavy atom. The summed E-state index contributed by atoms with van der Waals surface area (Å²) in [5.74, 6) is 1.27. The molecule has 0 aliphatic rings. The normalized spacial score (nSPS) is 11.0. The molecule has 0 atom stereocenters. The summed E-state index contributed by atoms with van der Waals surface area (Å²) in [7, 11) is 0. The van der Waals surface area contributed by atoms with Crippen LogP contribution in [0.25, 0.3) is 11.4 Å². The molecule has 1 aromatic carbocycles. The van der Waals surface area contributed by atoms with Crippen LogP contribution in [0.2, 0.25) is 0 Å². The van der Waals surface area contributed by atoms with E-state index in [0.29, 0.717) is 24.3 Å². The van der Waals surface area contributed by atoms with E-state index < -0.39 is 0 Å². The Morgan fingerprint density at radius 3 is 2.91 bits per heavy atom. The van der Waals surface area contributed by atoms with Gasteiger partial charge in [0.15, 0.2) is 0 Å². The van der Waals surface area contributed by atoms with Crippen LogP contribution in [-0.2, 0) is 19.4 Å². The van der Waals surface area contributed by atoms with Gasteiger partial charge in [-0.15, -0.1) is 0 Å². The number of halogens is 1. The Morgan fingerprint density at radius 1 is 1.22 bits per heavy atom. The first-order valence-corrected chi connectivity index (χ1v) is 7.72. The number of aryl methyl sites for hydroxylation is 3. The van der Waals surface area contributed by atoms with Crippen LogP contribution in [-0.4, -0.2) is 24.9 Å². The number of rotatable bonds is 7. The maximum Gasteiger partial charge on any atom is 0.227 e. The summed E-state index contributed by atoms with van der Waals surface area (Å²) in [6.07, 6.45) is 4.93. The smallest absolute Gasteiger partial charge is 0.227 e. The SMILES string of the molecule is CCCCn1ncnc1CCc1nc(-c2ccccc2F)no1. The minimum atomic E-state index is -0.362. The lowest BCUT2D eigenvalue weighted by atomic mass is 10.2. The van der Waals surface area contributed by atoms with Gasteiger partial charge in [-0.2, -0.15) is 10.1 Å². The van der Waals surface area contributed by atoms with Crippen molar-refractivity contribution in [3.05, 3.63) is 48.1 Å². The Labute approximate surface area is 133 Å². The monoisotopic (exact) mass is 315 g/mol. The second-order valence-electron chi connectivity index (χ2n) is 5.24. The number of unbranched alkanes of at least 4 members (excludes halogenated alkanes) is 1. The maximum atomic E-state index is 13.7. The molecule has 0 saturated carbocycles. The topological polar surface area (TPSA) is 69.6 Å². The molecule has 0 aliphatic heterocycles. The predicted octanol–water partition coefficient (Wildman–Crippen LogP) is 3.05. The molecule has 120 valence electrons. The number of aromatic nitrogens is 5. The van der Waals surface area contributed by atoms with Gasteiger partial charge in [0, 0.05) is 19.4 Å². The third kappa shape index (κ3) is 3.61. The van der Waals surface area contributed by atoms with Crippen molar-refractivity contribution >= 4 is 0 Å². The fourth-order valence-corrected chi connectivity index (χ4v) is 2.30. The van der Waals surface area contributed by atoms with E-state index in [1.54, 1.807) is 24.5 Å². The minimum absolute atomic E-state index is 0.269. The van der Waals surface area contributed by atoms with Crippen LogP contribution in [0.5, 0.6) is 0 Å². The summed E-state index contributed by atoms with van der Waals surface area (Å²) in [6.45, 7) is 3.00. The molecule has 3 rings (SSSR count). The summed E-state index contributed by atoms with van der Waals surface area (Å²) in [6, 6.07) is 6.38. The van der Waals surface area contributed by atoms with Crippen molar-refractivity contribution in [1.29, 1.82) is 0 Å². The van der Waals surface area contributed by atoms with E-state index in [9.17, 15) is 4.39 Å². The van der Waals surface area contributed by atoms with Gasteiger partial charge in [-0.3, -0.25) is 4.68 Å². The zero-order chi connectivity index (χ0) is 16.1. The zero-order valence-electron chi connectivity index (χ0n) is 12.9. The van der Waals surface area contributed by atoms with Crippen molar-refractivity contribution in [1.82, 2.24) is 24.9 Å². The van der Waals surface area contributed by atoms with Crippen molar-refractivity contribution in [2.24, 2.45) is 0 Å². The Balaban J connectivity index is 1.66. The van der Waals surface area contributed by atoms with Gasteiger partial charge in [0.25, 0.3) is 0 Å². The average Bonchev–Trinajstić information content (AvgIpc) is 3.20. The molecule has 0 aliphatic carbocycles. The standard InChI is InChI=1S/C16H18FN5O/c1-2-3-10-22-14(18-11-19-22)8-9-15-20-16(21-23-15)12-6-4-5-7-13(12)17/h4-7,11H,2-3,8-10H2,1H3. The Bertz CT molecular complexity index is 767. The molecule has 0 amide bonds. The Hall–Kier alpha value is -2.57. The van der Waals surface area contributed by atoms with Crippen LogP contribution in [0, 0.1) is 5.82 Å². The van der Waals surface area contributed by atoms with Crippen LogP contribution in [0.1, 0.15) is 31.5 Å². The summed E-state index contributed by atoms with van der Waals surface area (Å²) in [4.78, 5) is 8.52. The first kappa shape index (κ1) is 15.3. The number of hydrogen-bond acceptors (Lipinski definition) is 5. The molecule has 0 N–H and O–H groups in total. The van der Waals surface area contributed by atoms with Gasteiger partial charge < -0.3 is 4.52 Å². The fourth-order valence-electron chi connectivity index (χ4n) is 2.30. The summed E-state index contributed by atoms with van der Waals surface area (Å²) < 4.78 is 20.8. The van der Waals surface area contributed by atoms with Crippen LogP contribution < -0.4 is 0 Å². The molecule has 0 unspecified atom stereocenters. The molecule has 0 bridgehead atoms. The third-order valence-corrected chi connectivity index (χ3v) is 3.56. The van der Waals surface area contributed by atoms with Gasteiger partial charge >= 0.3 is 0 Å². The second-order valence-corrected chi connectivity index (χ2v) is 5.24. The third-order valence-electron chi connectivity index (χ3n) is 3.56. The number of benzene rings is 1. The van der Waals surface area contributed by atoms with Gasteiger partial charge in [-0.25, -0.2) is 9.37 Å². The molecule has 0 radical (unpaired) electrons. The van der Waals surface area contributed by atoms with Crippen molar-refractivity contribution < 1.29 is 8.91 Å². The number of nitrogens with zero attached hydrogens (tertiary/aromatic N) is 5. The summed E-state index contributed by atoms with van der Waals surface area (Å²) >= 11 is 0. The largest absolute Gasteiger partial charge is 0.339 e. The molecule has 7 heteroatoms. The Kier molecular flexibility index (Phi) is 4.75. The van der Waals surface area contributed by atoms with Crippen LogP contribution in [0.4, 0.5) is 4.39 Å². The lowest BCUT2D eigenvalue weighted by Crippen LogP contribution is -2.07. The van der Waals surface area contributed by atoms with Gasteiger partial charge in [0.2, 0.25) is 11.7 Å². The predicted molar refractivity (Wildman–Crippen MR) is 82.0 cm³/mol. The van der Waals surface area contributed by atoms with Crippen molar-refractivity contribution in [3.8, 4) is 11.4 Å². The first-order valence-electron chi connectivity index (χ1n) is 7.72. The minimum Gasteiger partial charge on any atom is -0.339 e. The molecule has 0 fully saturated rings.